The van der Waals surface area contributed by atoms with Gasteiger partial charge in [-0.25, -0.2) is 10.4 Å². The minimum atomic E-state index is -0.377. The van der Waals surface area contributed by atoms with Crippen molar-refractivity contribution in [1.82, 2.24) is 10.4 Å². The Morgan fingerprint density at radius 1 is 1.32 bits per heavy atom. The summed E-state index contributed by atoms with van der Waals surface area (Å²) in [6, 6.07) is 12.0. The van der Waals surface area contributed by atoms with E-state index in [1.54, 1.807) is 17.6 Å². The Kier molecular flexibility index (Phi) is 5.35. The number of carbonyl (C=O) groups is 2. The third-order valence-electron chi connectivity index (χ3n) is 3.69. The average Bonchev–Trinajstić information content (AvgIpc) is 3.13. The molecule has 2 aromatic rings. The van der Waals surface area contributed by atoms with E-state index in [0.29, 0.717) is 12.8 Å². The van der Waals surface area contributed by atoms with Gasteiger partial charge >= 0.3 is 0 Å². The first-order valence-electron chi connectivity index (χ1n) is 7.92. The zero-order valence-electron chi connectivity index (χ0n) is 13.8. The van der Waals surface area contributed by atoms with Gasteiger partial charge in [0.1, 0.15) is 6.54 Å². The molecule has 0 unspecified atom stereocenters. The molecule has 1 aromatic heterocycles. The molecule has 0 saturated heterocycles. The second kappa shape index (κ2) is 7.85. The summed E-state index contributed by atoms with van der Waals surface area (Å²) in [4.78, 5) is 24.8. The van der Waals surface area contributed by atoms with Crippen LogP contribution in [0.25, 0.3) is 10.4 Å². The molecule has 2 amide bonds. The zero-order valence-corrected chi connectivity index (χ0v) is 14.6. The molecule has 0 fully saturated rings. The summed E-state index contributed by atoms with van der Waals surface area (Å²) in [5.74, 6) is -0.521. The Balaban J connectivity index is 1.53. The van der Waals surface area contributed by atoms with Crippen LogP contribution in [0.4, 0.5) is 0 Å². The van der Waals surface area contributed by atoms with E-state index in [0.717, 1.165) is 16.8 Å². The molecule has 3 rings (SSSR count). The average molecular weight is 354 g/mol. The fourth-order valence-corrected chi connectivity index (χ4v) is 3.11. The van der Waals surface area contributed by atoms with E-state index in [1.807, 2.05) is 42.6 Å². The SMILES string of the molecule is CC1=NN(CC(=O)N/N=C/c2ccc(-c3cccs3)cc2)C(=O)CC1. The minimum absolute atomic E-state index is 0.120. The van der Waals surface area contributed by atoms with E-state index < -0.39 is 0 Å². The van der Waals surface area contributed by atoms with Crippen LogP contribution in [0.2, 0.25) is 0 Å². The third-order valence-corrected chi connectivity index (χ3v) is 4.61. The molecule has 128 valence electrons. The van der Waals surface area contributed by atoms with Gasteiger partial charge in [0.15, 0.2) is 0 Å². The number of carbonyl (C=O) groups excluding carboxylic acids is 2. The number of benzene rings is 1. The zero-order chi connectivity index (χ0) is 17.6. The summed E-state index contributed by atoms with van der Waals surface area (Å²) < 4.78 is 0. The summed E-state index contributed by atoms with van der Waals surface area (Å²) in [6.07, 6.45) is 2.61. The van der Waals surface area contributed by atoms with Crippen LogP contribution in [-0.2, 0) is 9.59 Å². The Hall–Kier alpha value is -2.80. The Morgan fingerprint density at radius 2 is 2.12 bits per heavy atom. The second-order valence-electron chi connectivity index (χ2n) is 5.68. The summed E-state index contributed by atoms with van der Waals surface area (Å²) in [5.41, 5.74) is 5.30. The number of amides is 2. The predicted octanol–water partition coefficient (Wildman–Crippen LogP) is 2.86. The van der Waals surface area contributed by atoms with Gasteiger partial charge in [-0.2, -0.15) is 10.2 Å². The molecule has 1 N–H and O–H groups in total. The number of thiophene rings is 1. The molecule has 1 aliphatic rings. The first-order chi connectivity index (χ1) is 12.1. The van der Waals surface area contributed by atoms with Crippen molar-refractivity contribution in [3.05, 3.63) is 47.3 Å². The Morgan fingerprint density at radius 3 is 2.84 bits per heavy atom. The van der Waals surface area contributed by atoms with Gasteiger partial charge in [-0.15, -0.1) is 11.3 Å². The number of rotatable bonds is 5. The van der Waals surface area contributed by atoms with Gasteiger partial charge < -0.3 is 0 Å². The molecule has 0 bridgehead atoms. The van der Waals surface area contributed by atoms with E-state index >= 15 is 0 Å². The van der Waals surface area contributed by atoms with Gasteiger partial charge in [0.25, 0.3) is 5.91 Å². The number of hydrazone groups is 2. The first kappa shape index (κ1) is 17.0. The standard InChI is InChI=1S/C18H18N4O2S/c1-13-4-9-18(24)22(21-13)12-17(23)20-19-11-14-5-7-15(8-6-14)16-3-2-10-25-16/h2-3,5-8,10-11H,4,9,12H2,1H3,(H,20,23)/b19-11+. The molecule has 7 heteroatoms. The van der Waals surface area contributed by atoms with E-state index in [-0.39, 0.29) is 18.4 Å². The molecule has 0 saturated carbocycles. The lowest BCUT2D eigenvalue weighted by molar-refractivity contribution is -0.136. The van der Waals surface area contributed by atoms with E-state index in [4.69, 9.17) is 0 Å². The number of hydrogen-bond acceptors (Lipinski definition) is 5. The highest BCUT2D eigenvalue weighted by Crippen LogP contribution is 2.24. The van der Waals surface area contributed by atoms with Crippen molar-refractivity contribution in [3.63, 3.8) is 0 Å². The maximum absolute atomic E-state index is 11.9. The summed E-state index contributed by atoms with van der Waals surface area (Å²) in [5, 5.41) is 11.3. The van der Waals surface area contributed by atoms with Crippen molar-refractivity contribution < 1.29 is 9.59 Å². The molecule has 1 aliphatic heterocycles. The van der Waals surface area contributed by atoms with Gasteiger partial charge in [-0.3, -0.25) is 9.59 Å². The van der Waals surface area contributed by atoms with Crippen molar-refractivity contribution in [2.75, 3.05) is 6.54 Å². The Bertz CT molecular complexity index is 810. The normalized spacial score (nSPS) is 14.7. The van der Waals surface area contributed by atoms with E-state index in [1.165, 1.54) is 9.89 Å². The van der Waals surface area contributed by atoms with Crippen LogP contribution in [0, 0.1) is 0 Å². The van der Waals surface area contributed by atoms with Crippen LogP contribution < -0.4 is 5.43 Å². The van der Waals surface area contributed by atoms with Gasteiger partial charge in [0, 0.05) is 17.0 Å². The highest BCUT2D eigenvalue weighted by atomic mass is 32.1. The lowest BCUT2D eigenvalue weighted by Gasteiger charge is -2.21. The molecule has 0 aliphatic carbocycles. The molecule has 6 nitrogen and oxygen atoms in total. The van der Waals surface area contributed by atoms with Crippen molar-refractivity contribution in [1.29, 1.82) is 0 Å². The van der Waals surface area contributed by atoms with Crippen LogP contribution in [0.15, 0.2) is 52.0 Å². The van der Waals surface area contributed by atoms with Crippen LogP contribution in [0.5, 0.6) is 0 Å². The molecule has 2 heterocycles. The smallest absolute Gasteiger partial charge is 0.261 e. The predicted molar refractivity (Wildman–Crippen MR) is 99.5 cm³/mol. The van der Waals surface area contributed by atoms with Crippen LogP contribution in [0.1, 0.15) is 25.3 Å². The monoisotopic (exact) mass is 354 g/mol. The Labute approximate surface area is 149 Å². The van der Waals surface area contributed by atoms with E-state index in [9.17, 15) is 9.59 Å². The number of hydrogen-bond donors (Lipinski definition) is 1. The molecule has 1 aromatic carbocycles. The van der Waals surface area contributed by atoms with Crippen molar-refractivity contribution in [2.24, 2.45) is 10.2 Å². The van der Waals surface area contributed by atoms with E-state index in [2.05, 4.69) is 21.7 Å². The number of nitrogens with one attached hydrogen (secondary N) is 1. The molecular weight excluding hydrogens is 336 g/mol. The van der Waals surface area contributed by atoms with Gasteiger partial charge in [-0.05, 0) is 35.9 Å². The van der Waals surface area contributed by atoms with Gasteiger partial charge in [-0.1, -0.05) is 30.3 Å². The van der Waals surface area contributed by atoms with Gasteiger partial charge in [0.05, 0.1) is 6.21 Å². The fourth-order valence-electron chi connectivity index (χ4n) is 2.38. The molecule has 0 atom stereocenters. The maximum Gasteiger partial charge on any atom is 0.261 e. The number of nitrogens with zero attached hydrogens (tertiary/aromatic N) is 3. The van der Waals surface area contributed by atoms with Crippen molar-refractivity contribution in [2.45, 2.75) is 19.8 Å². The third kappa shape index (κ3) is 4.60. The lowest BCUT2D eigenvalue weighted by Crippen LogP contribution is -2.38. The quantitative estimate of drug-likeness (QED) is 0.662. The highest BCUT2D eigenvalue weighted by Gasteiger charge is 2.20. The highest BCUT2D eigenvalue weighted by molar-refractivity contribution is 7.13. The minimum Gasteiger partial charge on any atom is -0.273 e. The van der Waals surface area contributed by atoms with Crippen LogP contribution >= 0.6 is 11.3 Å². The molecule has 25 heavy (non-hydrogen) atoms. The van der Waals surface area contributed by atoms with Crippen LogP contribution in [0.3, 0.4) is 0 Å². The molecule has 0 spiro atoms. The topological polar surface area (TPSA) is 74.1 Å². The van der Waals surface area contributed by atoms with Crippen molar-refractivity contribution in [3.8, 4) is 10.4 Å². The summed E-state index contributed by atoms with van der Waals surface area (Å²) >= 11 is 1.69. The summed E-state index contributed by atoms with van der Waals surface area (Å²) in [6.45, 7) is 1.72. The lowest BCUT2D eigenvalue weighted by atomic mass is 10.1. The summed E-state index contributed by atoms with van der Waals surface area (Å²) in [7, 11) is 0. The van der Waals surface area contributed by atoms with Gasteiger partial charge in [0.2, 0.25) is 5.91 Å². The first-order valence-corrected chi connectivity index (χ1v) is 8.80. The molecular formula is C18H18N4O2S. The fraction of sp³-hybridized carbons (Fsp3) is 0.222. The second-order valence-corrected chi connectivity index (χ2v) is 6.63. The largest absolute Gasteiger partial charge is 0.273 e. The molecule has 0 radical (unpaired) electrons. The maximum atomic E-state index is 11.9. The van der Waals surface area contributed by atoms with Crippen molar-refractivity contribution >= 4 is 35.1 Å². The van der Waals surface area contributed by atoms with Crippen LogP contribution in [-0.4, -0.2) is 35.3 Å².